The van der Waals surface area contributed by atoms with E-state index in [1.165, 1.54) is 57.2 Å². The smallest absolute Gasteiger partial charge is 0.0386 e. The molecule has 2 heterocycles. The molecule has 1 saturated heterocycles. The van der Waals surface area contributed by atoms with Crippen LogP contribution in [0, 0.1) is 0 Å². The van der Waals surface area contributed by atoms with Crippen molar-refractivity contribution in [1.82, 2.24) is 5.32 Å². The zero-order chi connectivity index (χ0) is 13.1. The third kappa shape index (κ3) is 3.56. The lowest BCUT2D eigenvalue weighted by molar-refractivity contribution is 0.543. The van der Waals surface area contributed by atoms with Crippen molar-refractivity contribution in [2.75, 3.05) is 12.3 Å². The van der Waals surface area contributed by atoms with Crippen molar-refractivity contribution in [2.24, 2.45) is 0 Å². The first kappa shape index (κ1) is 14.0. The van der Waals surface area contributed by atoms with E-state index in [4.69, 9.17) is 0 Å². The van der Waals surface area contributed by atoms with Crippen molar-refractivity contribution in [3.05, 3.63) is 21.4 Å². The van der Waals surface area contributed by atoms with Gasteiger partial charge in [-0.15, -0.1) is 11.3 Å². The molecule has 2 unspecified atom stereocenters. The Hall–Kier alpha value is 0.01000. The highest BCUT2D eigenvalue weighted by Gasteiger charge is 2.18. The summed E-state index contributed by atoms with van der Waals surface area (Å²) in [7, 11) is 0. The number of fused-ring (bicyclic) bond motifs is 1. The lowest BCUT2D eigenvalue weighted by atomic mass is 9.99. The Labute approximate surface area is 125 Å². The summed E-state index contributed by atoms with van der Waals surface area (Å²) < 4.78 is 0. The summed E-state index contributed by atoms with van der Waals surface area (Å²) >= 11 is 4.23. The van der Waals surface area contributed by atoms with E-state index in [-0.39, 0.29) is 0 Å². The first-order valence-corrected chi connectivity index (χ1v) is 9.66. The van der Waals surface area contributed by atoms with Crippen LogP contribution in [0.25, 0.3) is 0 Å². The second-order valence-electron chi connectivity index (χ2n) is 5.92. The molecule has 19 heavy (non-hydrogen) atoms. The maximum atomic E-state index is 3.77. The fourth-order valence-electron chi connectivity index (χ4n) is 3.10. The molecule has 1 aliphatic heterocycles. The van der Waals surface area contributed by atoms with Crippen LogP contribution in [0.1, 0.15) is 60.4 Å². The van der Waals surface area contributed by atoms with E-state index in [2.05, 4.69) is 41.4 Å². The van der Waals surface area contributed by atoms with Gasteiger partial charge in [0.2, 0.25) is 0 Å². The van der Waals surface area contributed by atoms with Crippen LogP contribution in [0.4, 0.5) is 0 Å². The Bertz CT molecular complexity index is 383. The second-order valence-corrected chi connectivity index (χ2v) is 8.50. The zero-order valence-electron chi connectivity index (χ0n) is 11.9. The maximum Gasteiger partial charge on any atom is 0.0386 e. The van der Waals surface area contributed by atoms with Crippen molar-refractivity contribution in [3.8, 4) is 0 Å². The number of nitrogens with one attached hydrogen (secondary N) is 1. The van der Waals surface area contributed by atoms with Gasteiger partial charge in [0.25, 0.3) is 0 Å². The van der Waals surface area contributed by atoms with Gasteiger partial charge in [-0.3, -0.25) is 0 Å². The standard InChI is InChI=1S/C16H25NS2/c1-12(17-11-14-7-4-5-9-18-14)16-10-13-6-2-3-8-15(13)19-16/h10,12,14,17H,2-9,11H2,1H3. The molecule has 1 aromatic heterocycles. The predicted octanol–water partition coefficient (Wildman–Crippen LogP) is 4.56. The number of rotatable bonds is 4. The molecule has 0 amide bonds. The maximum absolute atomic E-state index is 3.77. The molecule has 0 radical (unpaired) electrons. The number of thioether (sulfide) groups is 1. The number of hydrogen-bond acceptors (Lipinski definition) is 3. The number of aryl methyl sites for hydroxylation is 2. The van der Waals surface area contributed by atoms with E-state index >= 15 is 0 Å². The molecule has 106 valence electrons. The van der Waals surface area contributed by atoms with E-state index in [0.717, 1.165) is 5.25 Å². The van der Waals surface area contributed by atoms with E-state index < -0.39 is 0 Å². The summed E-state index contributed by atoms with van der Waals surface area (Å²) in [6.45, 7) is 3.53. The summed E-state index contributed by atoms with van der Waals surface area (Å²) in [5.74, 6) is 1.37. The Balaban J connectivity index is 1.54. The van der Waals surface area contributed by atoms with Gasteiger partial charge in [0.15, 0.2) is 0 Å². The molecule has 0 saturated carbocycles. The Morgan fingerprint density at radius 2 is 2.16 bits per heavy atom. The van der Waals surface area contributed by atoms with Gasteiger partial charge in [-0.2, -0.15) is 11.8 Å². The highest BCUT2D eigenvalue weighted by atomic mass is 32.2. The first-order valence-electron chi connectivity index (χ1n) is 7.79. The molecule has 0 spiro atoms. The third-order valence-corrected chi connectivity index (χ3v) is 7.19. The van der Waals surface area contributed by atoms with Crippen molar-refractivity contribution in [2.45, 2.75) is 63.2 Å². The summed E-state index contributed by atoms with van der Waals surface area (Å²) in [4.78, 5) is 3.23. The average molecular weight is 296 g/mol. The molecular formula is C16H25NS2. The minimum atomic E-state index is 0.540. The van der Waals surface area contributed by atoms with Crippen molar-refractivity contribution in [3.63, 3.8) is 0 Å². The summed E-state index contributed by atoms with van der Waals surface area (Å²) in [5.41, 5.74) is 1.65. The van der Waals surface area contributed by atoms with Crippen LogP contribution >= 0.6 is 23.1 Å². The monoisotopic (exact) mass is 295 g/mol. The van der Waals surface area contributed by atoms with Gasteiger partial charge in [-0.05, 0) is 62.8 Å². The molecule has 0 aromatic carbocycles. The van der Waals surface area contributed by atoms with E-state index in [1.54, 1.807) is 15.3 Å². The molecule has 1 N–H and O–H groups in total. The van der Waals surface area contributed by atoms with Crippen LogP contribution in [0.5, 0.6) is 0 Å². The van der Waals surface area contributed by atoms with Crippen LogP contribution < -0.4 is 5.32 Å². The minimum absolute atomic E-state index is 0.540. The third-order valence-electron chi connectivity index (χ3n) is 4.37. The molecule has 3 rings (SSSR count). The van der Waals surface area contributed by atoms with Crippen LogP contribution in [0.2, 0.25) is 0 Å². The largest absolute Gasteiger partial charge is 0.308 e. The Morgan fingerprint density at radius 1 is 1.26 bits per heavy atom. The Morgan fingerprint density at radius 3 is 2.95 bits per heavy atom. The van der Waals surface area contributed by atoms with Crippen molar-refractivity contribution in [1.29, 1.82) is 0 Å². The molecular weight excluding hydrogens is 270 g/mol. The van der Waals surface area contributed by atoms with Crippen molar-refractivity contribution >= 4 is 23.1 Å². The van der Waals surface area contributed by atoms with Crippen LogP contribution in [0.3, 0.4) is 0 Å². The molecule has 1 fully saturated rings. The topological polar surface area (TPSA) is 12.0 Å². The number of thiophene rings is 1. The summed E-state index contributed by atoms with van der Waals surface area (Å²) in [6.07, 6.45) is 9.69. The zero-order valence-corrected chi connectivity index (χ0v) is 13.5. The highest BCUT2D eigenvalue weighted by molar-refractivity contribution is 7.99. The number of hydrogen-bond donors (Lipinski definition) is 1. The fourth-order valence-corrected chi connectivity index (χ4v) is 5.64. The first-order chi connectivity index (χ1) is 9.33. The lowest BCUT2D eigenvalue weighted by Gasteiger charge is -2.23. The second kappa shape index (κ2) is 6.64. The van der Waals surface area contributed by atoms with Gasteiger partial charge < -0.3 is 5.32 Å². The van der Waals surface area contributed by atoms with E-state index in [1.807, 2.05) is 0 Å². The molecule has 3 heteroatoms. The van der Waals surface area contributed by atoms with E-state index in [9.17, 15) is 0 Å². The normalized spacial score (nSPS) is 25.0. The van der Waals surface area contributed by atoms with E-state index in [0.29, 0.717) is 6.04 Å². The van der Waals surface area contributed by atoms with Gasteiger partial charge in [0.05, 0.1) is 0 Å². The van der Waals surface area contributed by atoms with Gasteiger partial charge >= 0.3 is 0 Å². The van der Waals surface area contributed by atoms with Gasteiger partial charge in [0.1, 0.15) is 0 Å². The summed E-state index contributed by atoms with van der Waals surface area (Å²) in [6, 6.07) is 3.02. The van der Waals surface area contributed by atoms with Gasteiger partial charge in [-0.25, -0.2) is 0 Å². The molecule has 1 nitrogen and oxygen atoms in total. The lowest BCUT2D eigenvalue weighted by Crippen LogP contribution is -2.28. The van der Waals surface area contributed by atoms with Gasteiger partial charge in [-0.1, -0.05) is 6.42 Å². The van der Waals surface area contributed by atoms with Crippen LogP contribution in [-0.2, 0) is 12.8 Å². The molecule has 2 atom stereocenters. The van der Waals surface area contributed by atoms with Crippen LogP contribution in [0.15, 0.2) is 6.07 Å². The molecule has 1 aliphatic carbocycles. The average Bonchev–Trinajstić information content (AvgIpc) is 2.90. The Kier molecular flexibility index (Phi) is 4.88. The SMILES string of the molecule is CC(NCC1CCCCS1)c1cc2c(s1)CCCC2. The molecule has 1 aromatic rings. The highest BCUT2D eigenvalue weighted by Crippen LogP contribution is 2.33. The predicted molar refractivity (Wildman–Crippen MR) is 87.5 cm³/mol. The van der Waals surface area contributed by atoms with Gasteiger partial charge in [0, 0.05) is 27.6 Å². The minimum Gasteiger partial charge on any atom is -0.308 e. The summed E-state index contributed by atoms with van der Waals surface area (Å²) in [5, 5.41) is 4.62. The molecule has 0 bridgehead atoms. The quantitative estimate of drug-likeness (QED) is 0.873. The molecule has 2 aliphatic rings. The van der Waals surface area contributed by atoms with Crippen molar-refractivity contribution < 1.29 is 0 Å². The fraction of sp³-hybridized carbons (Fsp3) is 0.750. The van der Waals surface area contributed by atoms with Crippen LogP contribution in [-0.4, -0.2) is 17.5 Å².